The summed E-state index contributed by atoms with van der Waals surface area (Å²) in [5.41, 5.74) is 1.00. The van der Waals surface area contributed by atoms with E-state index in [0.29, 0.717) is 25.1 Å². The Bertz CT molecular complexity index is 309. The van der Waals surface area contributed by atoms with Crippen molar-refractivity contribution in [1.82, 2.24) is 10.2 Å². The number of hydrogen-bond acceptors (Lipinski definition) is 3. The lowest BCUT2D eigenvalue weighted by Gasteiger charge is -1.99. The van der Waals surface area contributed by atoms with Gasteiger partial charge < -0.3 is 10.4 Å². The van der Waals surface area contributed by atoms with Crippen LogP contribution in [0.15, 0.2) is 6.07 Å². The first kappa shape index (κ1) is 11.7. The lowest BCUT2D eigenvalue weighted by molar-refractivity contribution is -0.116. The molecule has 1 heterocycles. The SMILES string of the molecule is CCc1cc(NC(=O)CCCCO)n[nH]1. The summed E-state index contributed by atoms with van der Waals surface area (Å²) in [6.07, 6.45) is 2.66. The Hall–Kier alpha value is -1.36. The fraction of sp³-hybridized carbons (Fsp3) is 0.600. The number of unbranched alkanes of at least 4 members (excludes halogenated alkanes) is 1. The first-order chi connectivity index (χ1) is 7.26. The van der Waals surface area contributed by atoms with Crippen molar-refractivity contribution in [2.24, 2.45) is 0 Å². The monoisotopic (exact) mass is 211 g/mol. The molecule has 0 fully saturated rings. The maximum atomic E-state index is 11.3. The molecule has 0 saturated carbocycles. The van der Waals surface area contributed by atoms with Crippen molar-refractivity contribution in [2.75, 3.05) is 11.9 Å². The van der Waals surface area contributed by atoms with Crippen molar-refractivity contribution in [1.29, 1.82) is 0 Å². The van der Waals surface area contributed by atoms with E-state index in [1.165, 1.54) is 0 Å². The molecule has 1 aromatic heterocycles. The van der Waals surface area contributed by atoms with Gasteiger partial charge in [0.15, 0.2) is 5.82 Å². The number of nitrogens with zero attached hydrogens (tertiary/aromatic N) is 1. The number of H-pyrrole nitrogens is 1. The zero-order valence-corrected chi connectivity index (χ0v) is 8.92. The highest BCUT2D eigenvalue weighted by atomic mass is 16.2. The summed E-state index contributed by atoms with van der Waals surface area (Å²) in [6, 6.07) is 1.82. The van der Waals surface area contributed by atoms with E-state index >= 15 is 0 Å². The maximum absolute atomic E-state index is 11.3. The number of rotatable bonds is 6. The van der Waals surface area contributed by atoms with Crippen molar-refractivity contribution >= 4 is 11.7 Å². The Balaban J connectivity index is 2.31. The van der Waals surface area contributed by atoms with Gasteiger partial charge in [-0.25, -0.2) is 0 Å². The van der Waals surface area contributed by atoms with Crippen LogP contribution in [0, 0.1) is 0 Å². The zero-order chi connectivity index (χ0) is 11.1. The van der Waals surface area contributed by atoms with E-state index in [4.69, 9.17) is 5.11 Å². The number of aliphatic hydroxyl groups excluding tert-OH is 1. The number of aryl methyl sites for hydroxylation is 1. The van der Waals surface area contributed by atoms with Crippen molar-refractivity contribution in [3.8, 4) is 0 Å². The second kappa shape index (κ2) is 6.19. The number of aromatic nitrogens is 2. The van der Waals surface area contributed by atoms with Gasteiger partial charge in [-0.2, -0.15) is 5.10 Å². The number of aromatic amines is 1. The average molecular weight is 211 g/mol. The van der Waals surface area contributed by atoms with Gasteiger partial charge in [0.2, 0.25) is 5.91 Å². The molecule has 1 amide bonds. The standard InChI is InChI=1S/C10H17N3O2/c1-2-8-7-9(13-12-8)11-10(15)5-3-4-6-14/h7,14H,2-6H2,1H3,(H2,11,12,13,15). The molecule has 0 aliphatic carbocycles. The summed E-state index contributed by atoms with van der Waals surface area (Å²) in [5.74, 6) is 0.512. The Kier molecular flexibility index (Phi) is 4.83. The molecule has 0 atom stereocenters. The topological polar surface area (TPSA) is 78.0 Å². The second-order valence-corrected chi connectivity index (χ2v) is 3.36. The van der Waals surface area contributed by atoms with Crippen LogP contribution < -0.4 is 5.32 Å². The maximum Gasteiger partial charge on any atom is 0.225 e. The summed E-state index contributed by atoms with van der Waals surface area (Å²) in [6.45, 7) is 2.15. The summed E-state index contributed by atoms with van der Waals surface area (Å²) < 4.78 is 0. The van der Waals surface area contributed by atoms with Crippen LogP contribution >= 0.6 is 0 Å². The highest BCUT2D eigenvalue weighted by molar-refractivity contribution is 5.89. The smallest absolute Gasteiger partial charge is 0.225 e. The minimum atomic E-state index is -0.0578. The molecule has 0 radical (unpaired) electrons. The molecule has 84 valence electrons. The fourth-order valence-electron chi connectivity index (χ4n) is 1.21. The van der Waals surface area contributed by atoms with Crippen molar-refractivity contribution in [3.63, 3.8) is 0 Å². The van der Waals surface area contributed by atoms with Gasteiger partial charge in [-0.05, 0) is 19.3 Å². The molecule has 0 bridgehead atoms. The van der Waals surface area contributed by atoms with E-state index in [9.17, 15) is 4.79 Å². The van der Waals surface area contributed by atoms with E-state index < -0.39 is 0 Å². The first-order valence-corrected chi connectivity index (χ1v) is 5.21. The Morgan fingerprint density at radius 1 is 1.60 bits per heavy atom. The predicted molar refractivity (Wildman–Crippen MR) is 57.5 cm³/mol. The first-order valence-electron chi connectivity index (χ1n) is 5.21. The number of amides is 1. The molecule has 0 aliphatic rings. The van der Waals surface area contributed by atoms with Crippen molar-refractivity contribution in [2.45, 2.75) is 32.6 Å². The third-order valence-electron chi connectivity index (χ3n) is 2.09. The van der Waals surface area contributed by atoms with E-state index in [1.54, 1.807) is 0 Å². The molecule has 0 spiro atoms. The molecule has 5 nitrogen and oxygen atoms in total. The number of carbonyl (C=O) groups is 1. The summed E-state index contributed by atoms with van der Waals surface area (Å²) in [5, 5.41) is 18.0. The van der Waals surface area contributed by atoms with Gasteiger partial charge in [0, 0.05) is 24.8 Å². The lowest BCUT2D eigenvalue weighted by Crippen LogP contribution is -2.11. The highest BCUT2D eigenvalue weighted by Gasteiger charge is 2.04. The van der Waals surface area contributed by atoms with Crippen LogP contribution in [-0.4, -0.2) is 27.8 Å². The summed E-state index contributed by atoms with van der Waals surface area (Å²) in [7, 11) is 0. The number of hydrogen-bond donors (Lipinski definition) is 3. The highest BCUT2D eigenvalue weighted by Crippen LogP contribution is 2.06. The lowest BCUT2D eigenvalue weighted by atomic mass is 10.2. The number of anilines is 1. The van der Waals surface area contributed by atoms with Crippen LogP contribution in [0.3, 0.4) is 0 Å². The molecule has 3 N–H and O–H groups in total. The predicted octanol–water partition coefficient (Wildman–Crippen LogP) is 1.07. The zero-order valence-electron chi connectivity index (χ0n) is 8.92. The second-order valence-electron chi connectivity index (χ2n) is 3.36. The van der Waals surface area contributed by atoms with E-state index in [2.05, 4.69) is 15.5 Å². The molecule has 0 unspecified atom stereocenters. The third-order valence-corrected chi connectivity index (χ3v) is 2.09. The van der Waals surface area contributed by atoms with Gasteiger partial charge >= 0.3 is 0 Å². The van der Waals surface area contributed by atoms with E-state index in [0.717, 1.165) is 12.1 Å². The minimum absolute atomic E-state index is 0.0578. The van der Waals surface area contributed by atoms with E-state index in [1.807, 2.05) is 13.0 Å². The van der Waals surface area contributed by atoms with Gasteiger partial charge in [-0.1, -0.05) is 6.92 Å². The van der Waals surface area contributed by atoms with Gasteiger partial charge in [-0.15, -0.1) is 0 Å². The molecular weight excluding hydrogens is 194 g/mol. The third kappa shape index (κ3) is 4.12. The van der Waals surface area contributed by atoms with Gasteiger partial charge in [0.25, 0.3) is 0 Å². The molecule has 1 aromatic rings. The van der Waals surface area contributed by atoms with Crippen LogP contribution in [0.1, 0.15) is 31.9 Å². The van der Waals surface area contributed by atoms with Crippen LogP contribution in [0.25, 0.3) is 0 Å². The van der Waals surface area contributed by atoms with Crippen LogP contribution in [0.4, 0.5) is 5.82 Å². The number of nitrogens with one attached hydrogen (secondary N) is 2. The molecular formula is C10H17N3O2. The van der Waals surface area contributed by atoms with Crippen LogP contribution in [-0.2, 0) is 11.2 Å². The Morgan fingerprint density at radius 3 is 3.00 bits per heavy atom. The van der Waals surface area contributed by atoms with Crippen LogP contribution in [0.5, 0.6) is 0 Å². The van der Waals surface area contributed by atoms with Crippen molar-refractivity contribution in [3.05, 3.63) is 11.8 Å². The summed E-state index contributed by atoms with van der Waals surface area (Å²) in [4.78, 5) is 11.3. The quantitative estimate of drug-likeness (QED) is 0.616. The fourth-order valence-corrected chi connectivity index (χ4v) is 1.21. The summed E-state index contributed by atoms with van der Waals surface area (Å²) >= 11 is 0. The normalized spacial score (nSPS) is 10.3. The minimum Gasteiger partial charge on any atom is -0.396 e. The van der Waals surface area contributed by atoms with Crippen LogP contribution in [0.2, 0.25) is 0 Å². The Labute approximate surface area is 88.9 Å². The molecule has 0 aliphatic heterocycles. The molecule has 5 heteroatoms. The Morgan fingerprint density at radius 2 is 2.40 bits per heavy atom. The molecule has 0 aromatic carbocycles. The van der Waals surface area contributed by atoms with Gasteiger partial charge in [0.05, 0.1) is 0 Å². The van der Waals surface area contributed by atoms with Gasteiger partial charge in [0.1, 0.15) is 0 Å². The van der Waals surface area contributed by atoms with Gasteiger partial charge in [-0.3, -0.25) is 9.89 Å². The molecule has 1 rings (SSSR count). The van der Waals surface area contributed by atoms with Crippen molar-refractivity contribution < 1.29 is 9.90 Å². The molecule has 0 saturated heterocycles. The largest absolute Gasteiger partial charge is 0.396 e. The average Bonchev–Trinajstić information content (AvgIpc) is 2.66. The number of aliphatic hydroxyl groups is 1. The number of carbonyl (C=O) groups excluding carboxylic acids is 1. The van der Waals surface area contributed by atoms with E-state index in [-0.39, 0.29) is 12.5 Å². The molecule has 15 heavy (non-hydrogen) atoms.